The van der Waals surface area contributed by atoms with E-state index in [-0.39, 0.29) is 18.6 Å². The number of carboxylic acids is 1. The zero-order valence-electron chi connectivity index (χ0n) is 10.6. The van der Waals surface area contributed by atoms with E-state index in [1.165, 1.54) is 0 Å². The molecular weight excluding hydrogens is 220 g/mol. The molecule has 0 aliphatic carbocycles. The Balaban J connectivity index is 2.43. The van der Waals surface area contributed by atoms with Gasteiger partial charge in [-0.05, 0) is 32.4 Å². The van der Waals surface area contributed by atoms with Crippen molar-refractivity contribution in [2.45, 2.75) is 32.2 Å². The lowest BCUT2D eigenvalue weighted by molar-refractivity contribution is -0.144. The number of aliphatic carboxylic acids is 1. The van der Waals surface area contributed by atoms with Crippen molar-refractivity contribution in [1.29, 1.82) is 0 Å². The van der Waals surface area contributed by atoms with Crippen molar-refractivity contribution in [3.05, 3.63) is 0 Å². The quantitative estimate of drug-likeness (QED) is 0.556. The van der Waals surface area contributed by atoms with Gasteiger partial charge in [0.05, 0.1) is 5.92 Å². The highest BCUT2D eigenvalue weighted by Crippen LogP contribution is 2.17. The molecule has 1 aliphatic rings. The van der Waals surface area contributed by atoms with Crippen LogP contribution in [-0.4, -0.2) is 59.9 Å². The SMILES string of the molecule is CCCN1CC(NCCCO)CC(C(=O)O)C1. The first-order valence-electron chi connectivity index (χ1n) is 6.46. The van der Waals surface area contributed by atoms with Crippen molar-refractivity contribution in [2.24, 2.45) is 5.92 Å². The number of likely N-dealkylation sites (tertiary alicyclic amines) is 1. The Hall–Kier alpha value is -0.650. The van der Waals surface area contributed by atoms with Crippen LogP contribution < -0.4 is 5.32 Å². The van der Waals surface area contributed by atoms with E-state index in [1.807, 2.05) is 0 Å². The summed E-state index contributed by atoms with van der Waals surface area (Å²) in [7, 11) is 0. The molecule has 1 fully saturated rings. The molecule has 1 heterocycles. The Morgan fingerprint density at radius 2 is 2.24 bits per heavy atom. The molecule has 1 saturated heterocycles. The number of nitrogens with one attached hydrogen (secondary N) is 1. The largest absolute Gasteiger partial charge is 0.481 e. The summed E-state index contributed by atoms with van der Waals surface area (Å²) in [6.45, 7) is 5.60. The highest BCUT2D eigenvalue weighted by Gasteiger charge is 2.30. The van der Waals surface area contributed by atoms with E-state index >= 15 is 0 Å². The summed E-state index contributed by atoms with van der Waals surface area (Å²) in [5, 5.41) is 21.2. The van der Waals surface area contributed by atoms with Crippen LogP contribution in [0.15, 0.2) is 0 Å². The molecule has 0 aromatic carbocycles. The van der Waals surface area contributed by atoms with Gasteiger partial charge in [-0.2, -0.15) is 0 Å². The molecule has 0 spiro atoms. The fraction of sp³-hybridized carbons (Fsp3) is 0.917. The number of hydrogen-bond donors (Lipinski definition) is 3. The maximum atomic E-state index is 11.1. The second-order valence-electron chi connectivity index (χ2n) is 4.76. The number of rotatable bonds is 7. The van der Waals surface area contributed by atoms with Crippen LogP contribution in [0.25, 0.3) is 0 Å². The van der Waals surface area contributed by atoms with Gasteiger partial charge in [-0.15, -0.1) is 0 Å². The third-order valence-electron chi connectivity index (χ3n) is 3.18. The Morgan fingerprint density at radius 1 is 1.47 bits per heavy atom. The molecule has 0 bridgehead atoms. The number of piperidine rings is 1. The maximum absolute atomic E-state index is 11.1. The highest BCUT2D eigenvalue weighted by atomic mass is 16.4. The first-order chi connectivity index (χ1) is 8.17. The lowest BCUT2D eigenvalue weighted by Crippen LogP contribution is -2.51. The topological polar surface area (TPSA) is 72.8 Å². The summed E-state index contributed by atoms with van der Waals surface area (Å²) >= 11 is 0. The van der Waals surface area contributed by atoms with E-state index in [0.717, 1.165) is 32.5 Å². The standard InChI is InChI=1S/C12H24N2O3/c1-2-5-14-8-10(12(16)17)7-11(9-14)13-4-3-6-15/h10-11,13,15H,2-9H2,1H3,(H,16,17). The molecular formula is C12H24N2O3. The minimum atomic E-state index is -0.695. The number of nitrogens with zero attached hydrogens (tertiary/aromatic N) is 1. The molecule has 1 aliphatic heterocycles. The van der Waals surface area contributed by atoms with E-state index in [1.54, 1.807) is 0 Å². The van der Waals surface area contributed by atoms with Crippen molar-refractivity contribution in [3.8, 4) is 0 Å². The normalized spacial score (nSPS) is 26.0. The molecule has 5 heteroatoms. The minimum Gasteiger partial charge on any atom is -0.481 e. The predicted molar refractivity (Wildman–Crippen MR) is 66.0 cm³/mol. The first kappa shape index (κ1) is 14.4. The molecule has 0 aromatic heterocycles. The van der Waals surface area contributed by atoms with E-state index in [0.29, 0.717) is 13.0 Å². The smallest absolute Gasteiger partial charge is 0.307 e. The van der Waals surface area contributed by atoms with Crippen molar-refractivity contribution in [3.63, 3.8) is 0 Å². The van der Waals surface area contributed by atoms with Gasteiger partial charge >= 0.3 is 5.97 Å². The highest BCUT2D eigenvalue weighted by molar-refractivity contribution is 5.70. The van der Waals surface area contributed by atoms with E-state index in [4.69, 9.17) is 10.2 Å². The molecule has 3 N–H and O–H groups in total. The average Bonchev–Trinajstić information content (AvgIpc) is 2.29. The second-order valence-corrected chi connectivity index (χ2v) is 4.76. The number of aliphatic hydroxyl groups is 1. The molecule has 5 nitrogen and oxygen atoms in total. The zero-order chi connectivity index (χ0) is 12.7. The number of aliphatic hydroxyl groups excluding tert-OH is 1. The van der Waals surface area contributed by atoms with Gasteiger partial charge in [0.15, 0.2) is 0 Å². The molecule has 0 radical (unpaired) electrons. The van der Waals surface area contributed by atoms with Gasteiger partial charge in [0, 0.05) is 25.7 Å². The van der Waals surface area contributed by atoms with Crippen LogP contribution >= 0.6 is 0 Å². The predicted octanol–water partition coefficient (Wildman–Crippen LogP) is 0.144. The van der Waals surface area contributed by atoms with Gasteiger partial charge in [0.25, 0.3) is 0 Å². The van der Waals surface area contributed by atoms with Crippen molar-refractivity contribution in [2.75, 3.05) is 32.8 Å². The van der Waals surface area contributed by atoms with E-state index in [2.05, 4.69) is 17.1 Å². The average molecular weight is 244 g/mol. The molecule has 17 heavy (non-hydrogen) atoms. The minimum absolute atomic E-state index is 0.181. The first-order valence-corrected chi connectivity index (χ1v) is 6.46. The fourth-order valence-corrected chi connectivity index (χ4v) is 2.40. The van der Waals surface area contributed by atoms with E-state index in [9.17, 15) is 4.79 Å². The molecule has 2 unspecified atom stereocenters. The summed E-state index contributed by atoms with van der Waals surface area (Å²) in [6.07, 6.45) is 2.47. The summed E-state index contributed by atoms with van der Waals surface area (Å²) in [5.41, 5.74) is 0. The molecule has 0 saturated carbocycles. The van der Waals surface area contributed by atoms with E-state index < -0.39 is 5.97 Å². The van der Waals surface area contributed by atoms with Gasteiger partial charge in [-0.25, -0.2) is 0 Å². The number of hydrogen-bond acceptors (Lipinski definition) is 4. The Kier molecular flexibility index (Phi) is 6.47. The van der Waals surface area contributed by atoms with Crippen LogP contribution in [0.1, 0.15) is 26.2 Å². The maximum Gasteiger partial charge on any atom is 0.307 e. The van der Waals surface area contributed by atoms with Gasteiger partial charge in [0.2, 0.25) is 0 Å². The molecule has 1 rings (SSSR count). The van der Waals surface area contributed by atoms with Gasteiger partial charge in [0.1, 0.15) is 0 Å². The van der Waals surface area contributed by atoms with Crippen LogP contribution in [0, 0.1) is 5.92 Å². The monoisotopic (exact) mass is 244 g/mol. The van der Waals surface area contributed by atoms with Gasteiger partial charge < -0.3 is 20.4 Å². The van der Waals surface area contributed by atoms with Crippen LogP contribution in [0.4, 0.5) is 0 Å². The fourth-order valence-electron chi connectivity index (χ4n) is 2.40. The molecule has 0 amide bonds. The number of carbonyl (C=O) groups is 1. The third-order valence-corrected chi connectivity index (χ3v) is 3.18. The van der Waals surface area contributed by atoms with Gasteiger partial charge in [-0.3, -0.25) is 4.79 Å². The third kappa shape index (κ3) is 5.02. The summed E-state index contributed by atoms with van der Waals surface area (Å²) in [5.74, 6) is -0.957. The Bertz CT molecular complexity index is 236. The van der Waals surface area contributed by atoms with Gasteiger partial charge in [-0.1, -0.05) is 6.92 Å². The summed E-state index contributed by atoms with van der Waals surface area (Å²) < 4.78 is 0. The van der Waals surface area contributed by atoms with Crippen molar-refractivity contribution >= 4 is 5.97 Å². The Morgan fingerprint density at radius 3 is 2.82 bits per heavy atom. The summed E-state index contributed by atoms with van der Waals surface area (Å²) in [4.78, 5) is 13.3. The second kappa shape index (κ2) is 7.63. The number of carboxylic acid groups (broad SMARTS) is 1. The summed E-state index contributed by atoms with van der Waals surface area (Å²) in [6, 6.07) is 0.239. The molecule has 100 valence electrons. The van der Waals surface area contributed by atoms with Crippen LogP contribution in [0.2, 0.25) is 0 Å². The Labute approximate surface area is 103 Å². The lowest BCUT2D eigenvalue weighted by Gasteiger charge is -2.36. The molecule has 0 aromatic rings. The lowest BCUT2D eigenvalue weighted by atomic mass is 9.94. The van der Waals surface area contributed by atoms with Crippen LogP contribution in [-0.2, 0) is 4.79 Å². The van der Waals surface area contributed by atoms with Crippen molar-refractivity contribution < 1.29 is 15.0 Å². The zero-order valence-corrected chi connectivity index (χ0v) is 10.6. The van der Waals surface area contributed by atoms with Crippen LogP contribution in [0.5, 0.6) is 0 Å². The van der Waals surface area contributed by atoms with Crippen LogP contribution in [0.3, 0.4) is 0 Å². The van der Waals surface area contributed by atoms with Crippen molar-refractivity contribution in [1.82, 2.24) is 10.2 Å². The molecule has 2 atom stereocenters.